The summed E-state index contributed by atoms with van der Waals surface area (Å²) in [7, 11) is 0. The molecule has 1 aliphatic heterocycles. The molecular formula is C5H6Br2N2O2. The molecule has 0 radical (unpaired) electrons. The Kier molecular flexibility index (Phi) is 2.54. The molecule has 1 saturated heterocycles. The number of nitrogens with zero attached hydrogens (tertiary/aromatic N) is 2. The van der Waals surface area contributed by atoms with E-state index < -0.39 is 0 Å². The number of carbonyl (C=O) groups excluding carboxylic acids is 2. The Bertz CT molecular complexity index is 209. The zero-order valence-electron chi connectivity index (χ0n) is 5.75. The van der Waals surface area contributed by atoms with Crippen LogP contribution in [0.25, 0.3) is 0 Å². The molecule has 1 heterocycles. The van der Waals surface area contributed by atoms with Gasteiger partial charge in [0.05, 0.1) is 38.3 Å². The van der Waals surface area contributed by atoms with Gasteiger partial charge in [-0.2, -0.15) is 3.93 Å². The van der Waals surface area contributed by atoms with Crippen LogP contribution in [0.2, 0.25) is 0 Å². The normalized spacial score (nSPS) is 26.3. The van der Waals surface area contributed by atoms with Crippen molar-refractivity contribution in [1.29, 1.82) is 0 Å². The van der Waals surface area contributed by atoms with Crippen LogP contribution in [0, 0.1) is 0 Å². The average Bonchev–Trinajstić information content (AvgIpc) is 1.97. The van der Waals surface area contributed by atoms with E-state index in [4.69, 9.17) is 0 Å². The molecule has 0 aromatic carbocycles. The van der Waals surface area contributed by atoms with Crippen molar-refractivity contribution < 1.29 is 9.59 Å². The molecular weight excluding hydrogens is 280 g/mol. The van der Waals surface area contributed by atoms with Crippen LogP contribution in [-0.2, 0) is 4.79 Å². The van der Waals surface area contributed by atoms with Crippen LogP contribution in [0.15, 0.2) is 0 Å². The van der Waals surface area contributed by atoms with Crippen molar-refractivity contribution >= 4 is 44.2 Å². The molecule has 0 bridgehead atoms. The van der Waals surface area contributed by atoms with Crippen molar-refractivity contribution in [2.75, 3.05) is 0 Å². The lowest BCUT2D eigenvalue weighted by molar-refractivity contribution is -0.126. The smallest absolute Gasteiger partial charge is 0.273 e. The zero-order chi connectivity index (χ0) is 8.59. The summed E-state index contributed by atoms with van der Waals surface area (Å²) >= 11 is 5.90. The van der Waals surface area contributed by atoms with Gasteiger partial charge in [0, 0.05) is 6.42 Å². The van der Waals surface area contributed by atoms with Gasteiger partial charge in [-0.1, -0.05) is 0 Å². The highest BCUT2D eigenvalue weighted by Gasteiger charge is 2.34. The minimum atomic E-state index is -0.381. The predicted octanol–water partition coefficient (Wildman–Crippen LogP) is 1.65. The Labute approximate surface area is 81.2 Å². The summed E-state index contributed by atoms with van der Waals surface area (Å²) in [5, 5.41) is 0. The molecule has 1 rings (SSSR count). The van der Waals surface area contributed by atoms with E-state index in [2.05, 4.69) is 32.3 Å². The second kappa shape index (κ2) is 3.10. The van der Waals surface area contributed by atoms with Crippen molar-refractivity contribution in [1.82, 2.24) is 7.85 Å². The molecule has 4 nitrogen and oxygen atoms in total. The number of rotatable bonds is 0. The van der Waals surface area contributed by atoms with E-state index in [-0.39, 0.29) is 18.0 Å². The topological polar surface area (TPSA) is 40.6 Å². The highest BCUT2D eigenvalue weighted by atomic mass is 79.9. The van der Waals surface area contributed by atoms with Crippen molar-refractivity contribution in [2.24, 2.45) is 0 Å². The molecule has 62 valence electrons. The Morgan fingerprint density at radius 3 is 2.55 bits per heavy atom. The monoisotopic (exact) mass is 284 g/mol. The quantitative estimate of drug-likeness (QED) is 0.635. The number of imide groups is 1. The molecule has 0 N–H and O–H groups in total. The van der Waals surface area contributed by atoms with Crippen molar-refractivity contribution in [2.45, 2.75) is 19.4 Å². The first-order valence-electron chi connectivity index (χ1n) is 3.01. The van der Waals surface area contributed by atoms with Gasteiger partial charge in [-0.25, -0.2) is 4.79 Å². The second-order valence-corrected chi connectivity index (χ2v) is 3.79. The molecule has 1 atom stereocenters. The lowest BCUT2D eigenvalue weighted by Gasteiger charge is -2.30. The molecule has 0 saturated carbocycles. The van der Waals surface area contributed by atoms with Gasteiger partial charge in [-0.05, 0) is 6.92 Å². The summed E-state index contributed by atoms with van der Waals surface area (Å²) in [6.07, 6.45) is 0.336. The first-order valence-corrected chi connectivity index (χ1v) is 4.43. The fraction of sp³-hybridized carbons (Fsp3) is 0.600. The highest BCUT2D eigenvalue weighted by Crippen LogP contribution is 2.22. The Morgan fingerprint density at radius 2 is 2.00 bits per heavy atom. The van der Waals surface area contributed by atoms with Gasteiger partial charge in [0.1, 0.15) is 0 Å². The third kappa shape index (κ3) is 1.56. The van der Waals surface area contributed by atoms with Crippen LogP contribution in [0.3, 0.4) is 0 Å². The van der Waals surface area contributed by atoms with Crippen molar-refractivity contribution in [3.8, 4) is 0 Å². The van der Waals surface area contributed by atoms with E-state index >= 15 is 0 Å². The summed E-state index contributed by atoms with van der Waals surface area (Å²) in [6, 6.07) is -0.461. The maximum absolute atomic E-state index is 11.1. The maximum Gasteiger partial charge on any atom is 0.347 e. The van der Waals surface area contributed by atoms with E-state index in [1.54, 1.807) is 6.92 Å². The minimum Gasteiger partial charge on any atom is -0.273 e. The summed E-state index contributed by atoms with van der Waals surface area (Å²) < 4.78 is 2.25. The fourth-order valence-corrected chi connectivity index (χ4v) is 1.62. The van der Waals surface area contributed by atoms with Crippen molar-refractivity contribution in [3.05, 3.63) is 0 Å². The Hall–Kier alpha value is -0.100. The zero-order valence-corrected chi connectivity index (χ0v) is 8.92. The predicted molar refractivity (Wildman–Crippen MR) is 46.0 cm³/mol. The van der Waals surface area contributed by atoms with Crippen molar-refractivity contribution in [3.63, 3.8) is 0 Å². The molecule has 1 unspecified atom stereocenters. The summed E-state index contributed by atoms with van der Waals surface area (Å²) in [4.78, 5) is 22.1. The molecule has 1 aliphatic rings. The van der Waals surface area contributed by atoms with E-state index in [9.17, 15) is 9.59 Å². The average molecular weight is 286 g/mol. The molecule has 0 aromatic heterocycles. The van der Waals surface area contributed by atoms with Gasteiger partial charge in [0.25, 0.3) is 0 Å². The van der Waals surface area contributed by atoms with E-state index in [0.29, 0.717) is 6.42 Å². The van der Waals surface area contributed by atoms with Crippen LogP contribution in [0.5, 0.6) is 0 Å². The lowest BCUT2D eigenvalue weighted by Crippen LogP contribution is -2.47. The van der Waals surface area contributed by atoms with Crippen LogP contribution in [0.1, 0.15) is 13.3 Å². The van der Waals surface area contributed by atoms with E-state index in [1.807, 2.05) is 0 Å². The largest absolute Gasteiger partial charge is 0.347 e. The molecule has 0 spiro atoms. The molecule has 1 fully saturated rings. The number of hydrogen-bond acceptors (Lipinski definition) is 2. The fourth-order valence-electron chi connectivity index (χ4n) is 0.792. The number of hydrogen-bond donors (Lipinski definition) is 0. The number of urea groups is 1. The third-order valence-corrected chi connectivity index (χ3v) is 3.13. The SMILES string of the molecule is CC1CC(=O)N(Br)C(=O)N1Br. The van der Waals surface area contributed by atoms with Crippen LogP contribution >= 0.6 is 32.3 Å². The number of amides is 3. The Morgan fingerprint density at radius 1 is 1.45 bits per heavy atom. The Balaban J connectivity index is 2.79. The molecule has 0 aromatic rings. The summed E-state index contributed by atoms with van der Waals surface area (Å²) in [5.74, 6) is -0.210. The van der Waals surface area contributed by atoms with Crippen LogP contribution in [0.4, 0.5) is 4.79 Å². The second-order valence-electron chi connectivity index (χ2n) is 2.32. The van der Waals surface area contributed by atoms with Gasteiger partial charge >= 0.3 is 6.03 Å². The van der Waals surface area contributed by atoms with Crippen LogP contribution < -0.4 is 0 Å². The molecule has 0 aliphatic carbocycles. The highest BCUT2D eigenvalue weighted by molar-refractivity contribution is 9.08. The van der Waals surface area contributed by atoms with Gasteiger partial charge in [-0.15, -0.1) is 0 Å². The van der Waals surface area contributed by atoms with Crippen LogP contribution in [-0.4, -0.2) is 25.8 Å². The number of halogens is 2. The van der Waals surface area contributed by atoms with Gasteiger partial charge in [0.15, 0.2) is 0 Å². The van der Waals surface area contributed by atoms with Gasteiger partial charge in [-0.3, -0.25) is 8.72 Å². The first-order chi connectivity index (χ1) is 5.04. The molecule has 6 heteroatoms. The molecule has 11 heavy (non-hydrogen) atoms. The third-order valence-electron chi connectivity index (χ3n) is 1.43. The number of carbonyl (C=O) groups is 2. The molecule has 3 amide bonds. The van der Waals surface area contributed by atoms with E-state index in [0.717, 1.165) is 3.93 Å². The van der Waals surface area contributed by atoms with E-state index in [1.165, 1.54) is 3.93 Å². The standard InChI is InChI=1S/C5H6Br2N2O2/c1-3-2-4(10)9(7)5(11)8(3)6/h3H,2H2,1H3. The van der Waals surface area contributed by atoms with Gasteiger partial charge < -0.3 is 0 Å². The van der Waals surface area contributed by atoms with Gasteiger partial charge in [0.2, 0.25) is 5.91 Å². The maximum atomic E-state index is 11.1. The lowest BCUT2D eigenvalue weighted by atomic mass is 10.2. The summed E-state index contributed by atoms with van der Waals surface area (Å²) in [5.41, 5.74) is 0. The first kappa shape index (κ1) is 8.99. The summed E-state index contributed by atoms with van der Waals surface area (Å²) in [6.45, 7) is 1.80. The minimum absolute atomic E-state index is 0.0798.